The number of rotatable bonds is 19. The number of nitrogens with one attached hydrogen (secondary N) is 1. The average Bonchev–Trinajstić information content (AvgIpc) is 3.94. The van der Waals surface area contributed by atoms with Gasteiger partial charge in [0.05, 0.1) is 47.7 Å². The molecule has 0 unspecified atom stereocenters. The number of allylic oxidation sites excluding steroid dienone is 1. The van der Waals surface area contributed by atoms with Crippen LogP contribution in [-0.2, 0) is 11.3 Å². The van der Waals surface area contributed by atoms with Gasteiger partial charge >= 0.3 is 5.69 Å². The fourth-order valence-electron chi connectivity index (χ4n) is 9.30. The lowest BCUT2D eigenvalue weighted by Crippen LogP contribution is -2.30. The number of imidazole rings is 1. The van der Waals surface area contributed by atoms with Gasteiger partial charge < -0.3 is 19.1 Å². The number of aromatic amines is 1. The molecule has 4 aromatic heterocycles. The molecule has 13 heteroatoms. The summed E-state index contributed by atoms with van der Waals surface area (Å²) >= 11 is 6.15. The van der Waals surface area contributed by atoms with Gasteiger partial charge in [0, 0.05) is 71.5 Å². The Hall–Kier alpha value is -6.34. The predicted molar refractivity (Wildman–Crippen MR) is 267 cm³/mol. The molecule has 0 atom stereocenters. The van der Waals surface area contributed by atoms with Crippen LogP contribution < -0.4 is 15.2 Å². The van der Waals surface area contributed by atoms with E-state index in [4.69, 9.17) is 30.8 Å². The van der Waals surface area contributed by atoms with Gasteiger partial charge in [0.1, 0.15) is 11.6 Å². The number of fused-ring (bicyclic) bond motifs is 4. The molecule has 1 fully saturated rings. The van der Waals surface area contributed by atoms with Gasteiger partial charge in [-0.25, -0.2) is 14.2 Å². The Morgan fingerprint density at radius 1 is 0.836 bits per heavy atom. The molecule has 0 spiro atoms. The second-order valence-corrected chi connectivity index (χ2v) is 18.0. The Kier molecular flexibility index (Phi) is 14.4. The maximum absolute atomic E-state index is 15.4. The first kappa shape index (κ1) is 45.8. The predicted octanol–water partition coefficient (Wildman–Crippen LogP) is 11.8. The van der Waals surface area contributed by atoms with Crippen molar-refractivity contribution in [2.75, 3.05) is 47.1 Å². The molecule has 0 saturated carbocycles. The van der Waals surface area contributed by atoms with E-state index in [-0.39, 0.29) is 17.5 Å². The SMILES string of the molecule is CC/C(=C(/c1ccc(OCCCCCCn2c(=O)n(C3CCOCC3)c3c4cc(-c5ccc(OCCCN(C)C)nc5)ccc4ncc32)cc1)c1ccc2[nH]ncc2c1)c1ccc(Cl)cc1F. The summed E-state index contributed by atoms with van der Waals surface area (Å²) < 4.78 is 37.2. The van der Waals surface area contributed by atoms with Crippen LogP contribution in [0.15, 0.2) is 114 Å². The maximum atomic E-state index is 15.4. The van der Waals surface area contributed by atoms with Crippen molar-refractivity contribution in [3.05, 3.63) is 148 Å². The lowest BCUT2D eigenvalue weighted by atomic mass is 9.87. The van der Waals surface area contributed by atoms with Gasteiger partial charge in [-0.1, -0.05) is 61.7 Å². The molecule has 11 nitrogen and oxygen atoms in total. The second kappa shape index (κ2) is 21.1. The minimum atomic E-state index is -0.353. The first-order chi connectivity index (χ1) is 32.7. The molecular formula is C54H57ClFN7O4. The average molecular weight is 923 g/mol. The van der Waals surface area contributed by atoms with Crippen LogP contribution >= 0.6 is 11.6 Å². The summed E-state index contributed by atoms with van der Waals surface area (Å²) in [5.74, 6) is 1.03. The van der Waals surface area contributed by atoms with E-state index in [1.807, 2.05) is 83.0 Å². The maximum Gasteiger partial charge on any atom is 0.329 e. The van der Waals surface area contributed by atoms with Crippen molar-refractivity contribution < 1.29 is 18.6 Å². The van der Waals surface area contributed by atoms with E-state index in [1.54, 1.807) is 18.3 Å². The van der Waals surface area contributed by atoms with E-state index in [0.717, 1.165) is 123 Å². The Morgan fingerprint density at radius 3 is 2.40 bits per heavy atom. The summed E-state index contributed by atoms with van der Waals surface area (Å²) in [6.45, 7) is 6.04. The molecule has 9 rings (SSSR count). The number of H-pyrrole nitrogens is 1. The van der Waals surface area contributed by atoms with Crippen molar-refractivity contribution >= 4 is 55.6 Å². The molecular weight excluding hydrogens is 865 g/mol. The fraction of sp³-hybridized carbons (Fsp3) is 0.333. The number of nitrogens with zero attached hydrogens (tertiary/aromatic N) is 6. The highest BCUT2D eigenvalue weighted by molar-refractivity contribution is 6.30. The highest BCUT2D eigenvalue weighted by atomic mass is 35.5. The molecule has 1 aliphatic rings. The van der Waals surface area contributed by atoms with Gasteiger partial charge in [-0.2, -0.15) is 5.10 Å². The Bertz CT molecular complexity index is 3060. The molecule has 67 heavy (non-hydrogen) atoms. The highest BCUT2D eigenvalue weighted by Gasteiger charge is 2.25. The second-order valence-electron chi connectivity index (χ2n) is 17.6. The van der Waals surface area contributed by atoms with E-state index in [1.165, 1.54) is 6.07 Å². The monoisotopic (exact) mass is 921 g/mol. The topological polar surface area (TPSA) is 112 Å². The van der Waals surface area contributed by atoms with Crippen LogP contribution in [0.3, 0.4) is 0 Å². The normalized spacial score (nSPS) is 13.8. The van der Waals surface area contributed by atoms with Crippen molar-refractivity contribution in [1.82, 2.24) is 34.2 Å². The van der Waals surface area contributed by atoms with E-state index in [0.29, 0.717) is 55.9 Å². The summed E-state index contributed by atoms with van der Waals surface area (Å²) in [5, 5.41) is 9.52. The molecule has 0 radical (unpaired) electrons. The molecule has 8 aromatic rings. The standard InChI is InChI=1S/C54H57ClFN7O4/c1-4-44(45-18-15-41(55)32-47(45)56)52(38-13-19-48-40(30-38)34-59-60-48)36-10-16-43(17-11-36)66-26-8-6-5-7-25-62-50-35-57-49-20-12-37(39-14-21-51(58-33-39)67-27-9-24-61(2)3)31-46(49)53(50)63(54(62)64)42-22-28-65-29-23-42/h10-21,30-35,42H,4-9,22-29H2,1-3H3,(H,59,60)/b52-44+. The number of aryl methyl sites for hydroxylation is 1. The zero-order chi connectivity index (χ0) is 46.3. The van der Waals surface area contributed by atoms with E-state index >= 15 is 4.39 Å². The van der Waals surface area contributed by atoms with Crippen molar-refractivity contribution in [3.63, 3.8) is 0 Å². The van der Waals surface area contributed by atoms with Crippen molar-refractivity contribution in [2.45, 2.75) is 70.9 Å². The number of halogens is 2. The van der Waals surface area contributed by atoms with Gasteiger partial charge in [-0.05, 0) is 135 Å². The number of pyridine rings is 2. The largest absolute Gasteiger partial charge is 0.494 e. The first-order valence-electron chi connectivity index (χ1n) is 23.5. The zero-order valence-electron chi connectivity index (χ0n) is 38.4. The summed E-state index contributed by atoms with van der Waals surface area (Å²) in [6.07, 6.45) is 12.3. The molecule has 4 aromatic carbocycles. The summed E-state index contributed by atoms with van der Waals surface area (Å²) in [4.78, 5) is 26.0. The van der Waals surface area contributed by atoms with Crippen LogP contribution in [0.5, 0.6) is 11.6 Å². The van der Waals surface area contributed by atoms with Gasteiger partial charge in [0.2, 0.25) is 5.88 Å². The molecule has 0 bridgehead atoms. The van der Waals surface area contributed by atoms with Crippen LogP contribution in [0.2, 0.25) is 5.02 Å². The van der Waals surface area contributed by atoms with Crippen molar-refractivity contribution in [3.8, 4) is 22.8 Å². The van der Waals surface area contributed by atoms with Gasteiger partial charge in [0.15, 0.2) is 0 Å². The molecule has 5 heterocycles. The zero-order valence-corrected chi connectivity index (χ0v) is 39.2. The number of hydrogen-bond acceptors (Lipinski definition) is 8. The number of benzene rings is 4. The summed E-state index contributed by atoms with van der Waals surface area (Å²) in [7, 11) is 4.11. The van der Waals surface area contributed by atoms with Crippen molar-refractivity contribution in [1.29, 1.82) is 0 Å². The molecule has 1 aliphatic heterocycles. The summed E-state index contributed by atoms with van der Waals surface area (Å²) in [5.41, 5.74) is 9.83. The number of aromatic nitrogens is 6. The van der Waals surface area contributed by atoms with Crippen molar-refractivity contribution in [2.24, 2.45) is 0 Å². The van der Waals surface area contributed by atoms with Crippen LogP contribution in [-0.4, -0.2) is 81.3 Å². The quantitative estimate of drug-likeness (QED) is 0.0630. The van der Waals surface area contributed by atoms with Gasteiger partial charge in [0.25, 0.3) is 0 Å². The smallest absolute Gasteiger partial charge is 0.329 e. The van der Waals surface area contributed by atoms with E-state index < -0.39 is 0 Å². The minimum Gasteiger partial charge on any atom is -0.494 e. The number of ether oxygens (including phenoxy) is 3. The van der Waals surface area contributed by atoms with Crippen LogP contribution in [0.1, 0.15) is 81.0 Å². The van der Waals surface area contributed by atoms with Gasteiger partial charge in [-0.3, -0.25) is 19.2 Å². The van der Waals surface area contributed by atoms with E-state index in [2.05, 4.69) is 52.4 Å². The molecule has 0 aliphatic carbocycles. The third kappa shape index (κ3) is 10.3. The Balaban J connectivity index is 0.865. The highest BCUT2D eigenvalue weighted by Crippen LogP contribution is 2.38. The third-order valence-electron chi connectivity index (χ3n) is 12.7. The van der Waals surface area contributed by atoms with Gasteiger partial charge in [-0.15, -0.1) is 0 Å². The minimum absolute atomic E-state index is 0.00945. The molecule has 346 valence electrons. The van der Waals surface area contributed by atoms with Crippen LogP contribution in [0.25, 0.3) is 55.1 Å². The lowest BCUT2D eigenvalue weighted by Gasteiger charge is -2.23. The van der Waals surface area contributed by atoms with Crippen LogP contribution in [0, 0.1) is 5.82 Å². The van der Waals surface area contributed by atoms with Crippen LogP contribution in [0.4, 0.5) is 4.39 Å². The number of unbranched alkanes of at least 4 members (excludes halogenated alkanes) is 3. The van der Waals surface area contributed by atoms with E-state index in [9.17, 15) is 4.79 Å². The third-order valence-corrected chi connectivity index (χ3v) is 13.0. The molecule has 1 N–H and O–H groups in total. The Labute approximate surface area is 395 Å². The first-order valence-corrected chi connectivity index (χ1v) is 23.8. The Morgan fingerprint density at radius 2 is 1.63 bits per heavy atom. The molecule has 0 amide bonds. The fourth-order valence-corrected chi connectivity index (χ4v) is 9.46. The molecule has 1 saturated heterocycles. The summed E-state index contributed by atoms with van der Waals surface area (Å²) in [6, 6.07) is 29.3. The number of hydrogen-bond donors (Lipinski definition) is 1. The lowest BCUT2D eigenvalue weighted by molar-refractivity contribution is 0.0696.